The summed E-state index contributed by atoms with van der Waals surface area (Å²) in [5.74, 6) is 0.196. The second kappa shape index (κ2) is 4.28. The average Bonchev–Trinajstić information content (AvgIpc) is 2.08. The second-order valence-corrected chi connectivity index (χ2v) is 3.12. The van der Waals surface area contributed by atoms with E-state index in [2.05, 4.69) is 15.9 Å². The van der Waals surface area contributed by atoms with Gasteiger partial charge < -0.3 is 10.2 Å². The summed E-state index contributed by atoms with van der Waals surface area (Å²) in [5, 5.41) is 18.0. The number of para-hydroxylation sites is 1. The molecule has 0 bridgehead atoms. The number of halogens is 1. The van der Waals surface area contributed by atoms with Crippen LogP contribution >= 0.6 is 15.9 Å². The molecule has 0 spiro atoms. The van der Waals surface area contributed by atoms with Crippen LogP contribution in [0.2, 0.25) is 0 Å². The Labute approximate surface area is 79.3 Å². The molecular formula is C9H9BrO2. The smallest absolute Gasteiger partial charge is 0.136 e. The first-order valence-electron chi connectivity index (χ1n) is 3.50. The van der Waals surface area contributed by atoms with Gasteiger partial charge in [-0.05, 0) is 22.0 Å². The highest BCUT2D eigenvalue weighted by atomic mass is 79.9. The standard InChI is InChI=1S/C9H9BrO2/c10-8-5-1-3-7(9(8)12)4-2-6-11/h1-5,11-12H,6H2. The molecule has 1 rings (SSSR count). The number of hydrogen-bond donors (Lipinski definition) is 2. The fraction of sp³-hybridized carbons (Fsp3) is 0.111. The molecule has 0 radical (unpaired) electrons. The number of aliphatic hydroxyl groups excluding tert-OH is 1. The van der Waals surface area contributed by atoms with E-state index >= 15 is 0 Å². The second-order valence-electron chi connectivity index (χ2n) is 2.26. The van der Waals surface area contributed by atoms with Crippen LogP contribution < -0.4 is 0 Å². The van der Waals surface area contributed by atoms with Gasteiger partial charge in [-0.25, -0.2) is 0 Å². The van der Waals surface area contributed by atoms with Gasteiger partial charge in [0, 0.05) is 5.56 Å². The molecular weight excluding hydrogens is 220 g/mol. The summed E-state index contributed by atoms with van der Waals surface area (Å²) in [5.41, 5.74) is 0.693. The van der Waals surface area contributed by atoms with Gasteiger partial charge in [0.15, 0.2) is 0 Å². The van der Waals surface area contributed by atoms with Crippen LogP contribution in [0.15, 0.2) is 28.7 Å². The first kappa shape index (κ1) is 9.29. The molecule has 12 heavy (non-hydrogen) atoms. The molecule has 2 nitrogen and oxygen atoms in total. The lowest BCUT2D eigenvalue weighted by atomic mass is 10.2. The highest BCUT2D eigenvalue weighted by molar-refractivity contribution is 9.10. The molecule has 0 aromatic heterocycles. The van der Waals surface area contributed by atoms with Crippen molar-refractivity contribution in [1.82, 2.24) is 0 Å². The SMILES string of the molecule is OCC=Cc1cccc(Br)c1O. The summed E-state index contributed by atoms with van der Waals surface area (Å²) < 4.78 is 0.655. The van der Waals surface area contributed by atoms with E-state index in [-0.39, 0.29) is 12.4 Å². The number of hydrogen-bond acceptors (Lipinski definition) is 2. The number of rotatable bonds is 2. The zero-order chi connectivity index (χ0) is 8.97. The predicted octanol–water partition coefficient (Wildman–Crippen LogP) is 2.16. The van der Waals surface area contributed by atoms with Crippen molar-refractivity contribution in [1.29, 1.82) is 0 Å². The Morgan fingerprint density at radius 3 is 2.83 bits per heavy atom. The van der Waals surface area contributed by atoms with Crippen molar-refractivity contribution in [3.63, 3.8) is 0 Å². The van der Waals surface area contributed by atoms with E-state index in [0.717, 1.165) is 0 Å². The molecule has 0 aliphatic carbocycles. The molecule has 1 aromatic carbocycles. The van der Waals surface area contributed by atoms with E-state index in [1.54, 1.807) is 24.3 Å². The first-order valence-corrected chi connectivity index (χ1v) is 4.30. The molecule has 0 heterocycles. The topological polar surface area (TPSA) is 40.5 Å². The predicted molar refractivity (Wildman–Crippen MR) is 51.9 cm³/mol. The van der Waals surface area contributed by atoms with Gasteiger partial charge in [0.2, 0.25) is 0 Å². The Hall–Kier alpha value is -0.800. The van der Waals surface area contributed by atoms with E-state index in [1.807, 2.05) is 6.07 Å². The summed E-state index contributed by atoms with van der Waals surface area (Å²) >= 11 is 3.19. The van der Waals surface area contributed by atoms with E-state index in [0.29, 0.717) is 10.0 Å². The normalized spacial score (nSPS) is 10.8. The van der Waals surface area contributed by atoms with Crippen LogP contribution in [0.4, 0.5) is 0 Å². The maximum Gasteiger partial charge on any atom is 0.136 e. The van der Waals surface area contributed by atoms with Crippen molar-refractivity contribution in [3.05, 3.63) is 34.3 Å². The van der Waals surface area contributed by atoms with Crippen molar-refractivity contribution in [2.24, 2.45) is 0 Å². The molecule has 0 saturated heterocycles. The maximum absolute atomic E-state index is 9.44. The lowest BCUT2D eigenvalue weighted by Crippen LogP contribution is -1.77. The molecule has 3 heteroatoms. The van der Waals surface area contributed by atoms with Gasteiger partial charge in [-0.15, -0.1) is 0 Å². The zero-order valence-electron chi connectivity index (χ0n) is 6.37. The van der Waals surface area contributed by atoms with Gasteiger partial charge >= 0.3 is 0 Å². The van der Waals surface area contributed by atoms with E-state index in [9.17, 15) is 5.11 Å². The fourth-order valence-electron chi connectivity index (χ4n) is 0.846. The van der Waals surface area contributed by atoms with Crippen molar-refractivity contribution in [3.8, 4) is 5.75 Å². The van der Waals surface area contributed by atoms with E-state index in [4.69, 9.17) is 5.11 Å². The molecule has 0 aliphatic heterocycles. The summed E-state index contributed by atoms with van der Waals surface area (Å²) in [6.07, 6.45) is 3.24. The van der Waals surface area contributed by atoms with Gasteiger partial charge in [-0.3, -0.25) is 0 Å². The fourth-order valence-corrected chi connectivity index (χ4v) is 1.23. The van der Waals surface area contributed by atoms with Crippen molar-refractivity contribution in [2.75, 3.05) is 6.61 Å². The molecule has 2 N–H and O–H groups in total. The van der Waals surface area contributed by atoms with Gasteiger partial charge in [-0.1, -0.05) is 24.3 Å². The Bertz CT molecular complexity index is 295. The number of phenolic OH excluding ortho intramolecular Hbond substituents is 1. The maximum atomic E-state index is 9.44. The third-order valence-corrected chi connectivity index (χ3v) is 2.06. The van der Waals surface area contributed by atoms with Gasteiger partial charge in [-0.2, -0.15) is 0 Å². The third-order valence-electron chi connectivity index (χ3n) is 1.42. The molecule has 0 aliphatic rings. The molecule has 1 aromatic rings. The molecule has 0 atom stereocenters. The Morgan fingerprint density at radius 1 is 1.42 bits per heavy atom. The number of aliphatic hydroxyl groups is 1. The minimum atomic E-state index is -0.0219. The number of phenols is 1. The molecule has 0 fully saturated rings. The van der Waals surface area contributed by atoms with Crippen LogP contribution in [0, 0.1) is 0 Å². The highest BCUT2D eigenvalue weighted by Crippen LogP contribution is 2.27. The molecule has 64 valence electrons. The van der Waals surface area contributed by atoms with Crippen LogP contribution in [0.5, 0.6) is 5.75 Å². The molecule has 0 amide bonds. The van der Waals surface area contributed by atoms with Crippen LogP contribution in [-0.2, 0) is 0 Å². The highest BCUT2D eigenvalue weighted by Gasteiger charge is 1.99. The lowest BCUT2D eigenvalue weighted by molar-refractivity contribution is 0.343. The van der Waals surface area contributed by atoms with Gasteiger partial charge in [0.25, 0.3) is 0 Å². The third kappa shape index (κ3) is 2.09. The van der Waals surface area contributed by atoms with Crippen LogP contribution in [0.25, 0.3) is 6.08 Å². The molecule has 0 unspecified atom stereocenters. The number of benzene rings is 1. The van der Waals surface area contributed by atoms with E-state index < -0.39 is 0 Å². The first-order chi connectivity index (χ1) is 5.75. The van der Waals surface area contributed by atoms with Crippen LogP contribution in [0.3, 0.4) is 0 Å². The molecule has 0 saturated carbocycles. The van der Waals surface area contributed by atoms with Gasteiger partial charge in [0.05, 0.1) is 11.1 Å². The van der Waals surface area contributed by atoms with Crippen LogP contribution in [0.1, 0.15) is 5.56 Å². The quantitative estimate of drug-likeness (QED) is 0.815. The lowest BCUT2D eigenvalue weighted by Gasteiger charge is -1.99. The minimum Gasteiger partial charge on any atom is -0.506 e. The largest absolute Gasteiger partial charge is 0.506 e. The van der Waals surface area contributed by atoms with Crippen molar-refractivity contribution >= 4 is 22.0 Å². The summed E-state index contributed by atoms with van der Waals surface area (Å²) in [6.45, 7) is -0.0219. The van der Waals surface area contributed by atoms with Gasteiger partial charge in [0.1, 0.15) is 5.75 Å². The zero-order valence-corrected chi connectivity index (χ0v) is 7.95. The Balaban J connectivity index is 3.00. The summed E-state index contributed by atoms with van der Waals surface area (Å²) in [7, 11) is 0. The summed E-state index contributed by atoms with van der Waals surface area (Å²) in [6, 6.07) is 5.35. The Kier molecular flexibility index (Phi) is 3.31. The summed E-state index contributed by atoms with van der Waals surface area (Å²) in [4.78, 5) is 0. The minimum absolute atomic E-state index is 0.0219. The average molecular weight is 229 g/mol. The monoisotopic (exact) mass is 228 g/mol. The Morgan fingerprint density at radius 2 is 2.17 bits per heavy atom. The van der Waals surface area contributed by atoms with Crippen molar-refractivity contribution in [2.45, 2.75) is 0 Å². The van der Waals surface area contributed by atoms with E-state index in [1.165, 1.54) is 0 Å². The number of aromatic hydroxyl groups is 1. The van der Waals surface area contributed by atoms with Crippen LogP contribution in [-0.4, -0.2) is 16.8 Å². The van der Waals surface area contributed by atoms with Crippen molar-refractivity contribution < 1.29 is 10.2 Å².